The van der Waals surface area contributed by atoms with Crippen LogP contribution in [0.25, 0.3) is 0 Å². The van der Waals surface area contributed by atoms with Gasteiger partial charge in [0.05, 0.1) is 6.04 Å². The van der Waals surface area contributed by atoms with Crippen molar-refractivity contribution in [2.75, 3.05) is 10.6 Å². The molecule has 0 saturated carbocycles. The molecule has 0 bridgehead atoms. The first-order valence-corrected chi connectivity index (χ1v) is 7.07. The van der Waals surface area contributed by atoms with Crippen LogP contribution in [0.15, 0.2) is 42.5 Å². The van der Waals surface area contributed by atoms with Gasteiger partial charge in [-0.05, 0) is 43.2 Å². The zero-order valence-electron chi connectivity index (χ0n) is 11.8. The molecule has 108 valence electrons. The normalized spacial score (nSPS) is 15.0. The van der Waals surface area contributed by atoms with Crippen LogP contribution in [-0.2, 0) is 11.2 Å². The zero-order chi connectivity index (χ0) is 14.8. The number of rotatable bonds is 3. The molecule has 1 amide bonds. The lowest BCUT2D eigenvalue weighted by atomic mass is 10.0. The Bertz CT molecular complexity index is 684. The molecule has 0 aromatic heterocycles. The fourth-order valence-corrected chi connectivity index (χ4v) is 2.63. The van der Waals surface area contributed by atoms with E-state index in [-0.39, 0.29) is 17.8 Å². The highest BCUT2D eigenvalue weighted by atomic mass is 19.1. The van der Waals surface area contributed by atoms with E-state index in [0.29, 0.717) is 12.0 Å². The molecule has 4 heteroatoms. The maximum absolute atomic E-state index is 13.8. The molecule has 2 aromatic carbocycles. The maximum atomic E-state index is 13.8. The lowest BCUT2D eigenvalue weighted by Crippen LogP contribution is -2.19. The molecular formula is C17H17FN2O. The summed E-state index contributed by atoms with van der Waals surface area (Å²) in [6.07, 6.45) is 1.25. The minimum Gasteiger partial charge on any atom is -0.378 e. The second-order valence-corrected chi connectivity index (χ2v) is 5.31. The van der Waals surface area contributed by atoms with Crippen LogP contribution in [0.4, 0.5) is 15.8 Å². The summed E-state index contributed by atoms with van der Waals surface area (Å²) >= 11 is 0. The van der Waals surface area contributed by atoms with Crippen molar-refractivity contribution < 1.29 is 9.18 Å². The van der Waals surface area contributed by atoms with Gasteiger partial charge in [-0.25, -0.2) is 4.39 Å². The van der Waals surface area contributed by atoms with Crippen LogP contribution in [0.5, 0.6) is 0 Å². The number of anilines is 2. The van der Waals surface area contributed by atoms with Gasteiger partial charge in [0.15, 0.2) is 0 Å². The Balaban J connectivity index is 1.79. The molecule has 1 atom stereocenters. The molecule has 1 heterocycles. The third-order valence-corrected chi connectivity index (χ3v) is 3.76. The fraction of sp³-hybridized carbons (Fsp3) is 0.235. The third-order valence-electron chi connectivity index (χ3n) is 3.76. The number of carbonyl (C=O) groups excluding carboxylic acids is 1. The van der Waals surface area contributed by atoms with Gasteiger partial charge in [0, 0.05) is 23.4 Å². The number of carbonyl (C=O) groups is 1. The standard InChI is InChI=1S/C17H17FN2O/c1-11(14-4-2-3-5-15(14)18)19-13-7-8-16-12(10-13)6-9-17(21)20-16/h2-5,7-8,10-11,19H,6,9H2,1H3,(H,20,21). The Hall–Kier alpha value is -2.36. The molecule has 2 N–H and O–H groups in total. The number of benzene rings is 2. The summed E-state index contributed by atoms with van der Waals surface area (Å²) in [6.45, 7) is 1.93. The Kier molecular flexibility index (Phi) is 3.60. The van der Waals surface area contributed by atoms with Crippen LogP contribution < -0.4 is 10.6 Å². The second-order valence-electron chi connectivity index (χ2n) is 5.31. The Labute approximate surface area is 123 Å². The van der Waals surface area contributed by atoms with E-state index in [2.05, 4.69) is 10.6 Å². The molecule has 3 rings (SSSR count). The monoisotopic (exact) mass is 284 g/mol. The van der Waals surface area contributed by atoms with Gasteiger partial charge in [0.1, 0.15) is 5.82 Å². The van der Waals surface area contributed by atoms with E-state index in [1.807, 2.05) is 31.2 Å². The summed E-state index contributed by atoms with van der Waals surface area (Å²) in [6, 6.07) is 12.5. The molecule has 1 unspecified atom stereocenters. The summed E-state index contributed by atoms with van der Waals surface area (Å²) < 4.78 is 13.8. The van der Waals surface area contributed by atoms with Crippen molar-refractivity contribution >= 4 is 17.3 Å². The lowest BCUT2D eigenvalue weighted by Gasteiger charge is -2.20. The molecule has 0 aliphatic carbocycles. The molecule has 1 aliphatic heterocycles. The summed E-state index contributed by atoms with van der Waals surface area (Å²) in [5.41, 5.74) is 3.56. The van der Waals surface area contributed by atoms with Crippen molar-refractivity contribution in [2.45, 2.75) is 25.8 Å². The van der Waals surface area contributed by atoms with Crippen LogP contribution >= 0.6 is 0 Å². The molecule has 2 aromatic rings. The van der Waals surface area contributed by atoms with Gasteiger partial charge < -0.3 is 10.6 Å². The summed E-state index contributed by atoms with van der Waals surface area (Å²) in [5.74, 6) is -0.148. The number of nitrogens with one attached hydrogen (secondary N) is 2. The van der Waals surface area contributed by atoms with Gasteiger partial charge >= 0.3 is 0 Å². The van der Waals surface area contributed by atoms with Gasteiger partial charge in [0.25, 0.3) is 0 Å². The smallest absolute Gasteiger partial charge is 0.224 e. The van der Waals surface area contributed by atoms with Gasteiger partial charge in [0.2, 0.25) is 5.91 Å². The number of hydrogen-bond donors (Lipinski definition) is 2. The molecule has 0 fully saturated rings. The second kappa shape index (κ2) is 5.56. The van der Waals surface area contributed by atoms with Gasteiger partial charge in [-0.3, -0.25) is 4.79 Å². The molecule has 3 nitrogen and oxygen atoms in total. The summed E-state index contributed by atoms with van der Waals surface area (Å²) in [7, 11) is 0. The fourth-order valence-electron chi connectivity index (χ4n) is 2.63. The van der Waals surface area contributed by atoms with Crippen LogP contribution in [0.3, 0.4) is 0 Å². The van der Waals surface area contributed by atoms with Crippen LogP contribution in [0.1, 0.15) is 30.5 Å². The molecule has 0 radical (unpaired) electrons. The first-order chi connectivity index (χ1) is 10.1. The van der Waals surface area contributed by atoms with E-state index in [9.17, 15) is 9.18 Å². The van der Waals surface area contributed by atoms with Crippen molar-refractivity contribution in [3.05, 3.63) is 59.4 Å². The number of hydrogen-bond acceptors (Lipinski definition) is 2. The van der Waals surface area contributed by atoms with E-state index in [0.717, 1.165) is 23.4 Å². The third kappa shape index (κ3) is 2.89. The molecule has 21 heavy (non-hydrogen) atoms. The average Bonchev–Trinajstić information content (AvgIpc) is 2.48. The maximum Gasteiger partial charge on any atom is 0.224 e. The van der Waals surface area contributed by atoms with E-state index in [4.69, 9.17) is 0 Å². The summed E-state index contributed by atoms with van der Waals surface area (Å²) in [5, 5.41) is 6.16. The van der Waals surface area contributed by atoms with Gasteiger partial charge in [-0.1, -0.05) is 18.2 Å². The van der Waals surface area contributed by atoms with Crippen molar-refractivity contribution in [1.29, 1.82) is 0 Å². The van der Waals surface area contributed by atoms with Crippen molar-refractivity contribution in [3.63, 3.8) is 0 Å². The predicted octanol–water partition coefficient (Wildman–Crippen LogP) is 3.88. The Morgan fingerprint density at radius 3 is 2.81 bits per heavy atom. The minimum absolute atomic E-state index is 0.0583. The highest BCUT2D eigenvalue weighted by molar-refractivity contribution is 5.94. The lowest BCUT2D eigenvalue weighted by molar-refractivity contribution is -0.116. The predicted molar refractivity (Wildman–Crippen MR) is 81.8 cm³/mol. The number of aryl methyl sites for hydroxylation is 1. The van der Waals surface area contributed by atoms with Crippen molar-refractivity contribution in [3.8, 4) is 0 Å². The highest BCUT2D eigenvalue weighted by Gasteiger charge is 2.16. The minimum atomic E-state index is -0.206. The Morgan fingerprint density at radius 1 is 1.19 bits per heavy atom. The zero-order valence-corrected chi connectivity index (χ0v) is 11.8. The molecular weight excluding hydrogens is 267 g/mol. The van der Waals surface area contributed by atoms with Crippen LogP contribution in [0.2, 0.25) is 0 Å². The van der Waals surface area contributed by atoms with Crippen LogP contribution in [-0.4, -0.2) is 5.91 Å². The largest absolute Gasteiger partial charge is 0.378 e. The first-order valence-electron chi connectivity index (χ1n) is 7.07. The van der Waals surface area contributed by atoms with Gasteiger partial charge in [-0.15, -0.1) is 0 Å². The Morgan fingerprint density at radius 2 is 2.00 bits per heavy atom. The van der Waals surface area contributed by atoms with E-state index in [1.165, 1.54) is 6.07 Å². The van der Waals surface area contributed by atoms with E-state index in [1.54, 1.807) is 12.1 Å². The van der Waals surface area contributed by atoms with E-state index < -0.39 is 0 Å². The van der Waals surface area contributed by atoms with E-state index >= 15 is 0 Å². The van der Waals surface area contributed by atoms with Crippen LogP contribution in [0, 0.1) is 5.82 Å². The number of halogens is 1. The van der Waals surface area contributed by atoms with Crippen molar-refractivity contribution in [2.24, 2.45) is 0 Å². The molecule has 1 aliphatic rings. The summed E-state index contributed by atoms with van der Waals surface area (Å²) in [4.78, 5) is 11.3. The first kappa shape index (κ1) is 13.6. The van der Waals surface area contributed by atoms with Gasteiger partial charge in [-0.2, -0.15) is 0 Å². The quantitative estimate of drug-likeness (QED) is 0.898. The van der Waals surface area contributed by atoms with Crippen molar-refractivity contribution in [1.82, 2.24) is 0 Å². The topological polar surface area (TPSA) is 41.1 Å². The highest BCUT2D eigenvalue weighted by Crippen LogP contribution is 2.28. The average molecular weight is 284 g/mol. The molecule has 0 spiro atoms. The molecule has 0 saturated heterocycles. The number of amides is 1. The SMILES string of the molecule is CC(Nc1ccc2c(c1)CCC(=O)N2)c1ccccc1F. The number of fused-ring (bicyclic) bond motifs is 1.